The van der Waals surface area contributed by atoms with Crippen molar-refractivity contribution in [3.8, 4) is 0 Å². The van der Waals surface area contributed by atoms with E-state index < -0.39 is 5.41 Å². The summed E-state index contributed by atoms with van der Waals surface area (Å²) >= 11 is 3.45. The highest BCUT2D eigenvalue weighted by atomic mass is 79.9. The van der Waals surface area contributed by atoms with Crippen molar-refractivity contribution >= 4 is 21.8 Å². The van der Waals surface area contributed by atoms with E-state index in [-0.39, 0.29) is 12.5 Å². The van der Waals surface area contributed by atoms with Gasteiger partial charge in [0.05, 0.1) is 12.0 Å². The Labute approximate surface area is 116 Å². The zero-order chi connectivity index (χ0) is 13.2. The van der Waals surface area contributed by atoms with Crippen molar-refractivity contribution in [3.63, 3.8) is 0 Å². The maximum atomic E-state index is 11.8. The molecule has 4 heteroatoms. The van der Waals surface area contributed by atoms with Gasteiger partial charge < -0.3 is 10.4 Å². The lowest BCUT2D eigenvalue weighted by atomic mass is 10.1. The summed E-state index contributed by atoms with van der Waals surface area (Å²) in [5.41, 5.74) is 2.00. The number of benzene rings is 1. The normalized spacial score (nSPS) is 16.4. The first-order valence-corrected chi connectivity index (χ1v) is 7.01. The molecule has 1 aliphatic carbocycles. The first-order chi connectivity index (χ1) is 8.57. The van der Waals surface area contributed by atoms with E-state index in [1.165, 1.54) is 11.1 Å². The summed E-state index contributed by atoms with van der Waals surface area (Å²) < 4.78 is 1.06. The van der Waals surface area contributed by atoms with Crippen molar-refractivity contribution in [2.24, 2.45) is 5.41 Å². The molecule has 18 heavy (non-hydrogen) atoms. The SMILES string of the molecule is Cc1ccc(Br)cc1CCNC(=O)C1(CO)CC1. The van der Waals surface area contributed by atoms with Crippen LogP contribution < -0.4 is 5.32 Å². The minimum Gasteiger partial charge on any atom is -0.395 e. The molecule has 0 aromatic heterocycles. The summed E-state index contributed by atoms with van der Waals surface area (Å²) in [5.74, 6) is -0.00218. The molecule has 0 atom stereocenters. The predicted molar refractivity (Wildman–Crippen MR) is 74.3 cm³/mol. The molecule has 98 valence electrons. The molecule has 1 aromatic carbocycles. The van der Waals surface area contributed by atoms with Crippen LogP contribution in [0, 0.1) is 12.3 Å². The molecule has 0 radical (unpaired) electrons. The van der Waals surface area contributed by atoms with Crippen LogP contribution in [0.25, 0.3) is 0 Å². The summed E-state index contributed by atoms with van der Waals surface area (Å²) in [6, 6.07) is 6.17. The third-order valence-corrected chi connectivity index (χ3v) is 4.12. The number of aryl methyl sites for hydroxylation is 1. The number of aliphatic hydroxyl groups is 1. The highest BCUT2D eigenvalue weighted by Gasteiger charge is 2.49. The molecule has 1 aromatic rings. The summed E-state index contributed by atoms with van der Waals surface area (Å²) in [5, 5.41) is 12.1. The molecule has 0 aliphatic heterocycles. The number of aliphatic hydroxyl groups excluding tert-OH is 1. The van der Waals surface area contributed by atoms with Crippen LogP contribution in [0.4, 0.5) is 0 Å². The van der Waals surface area contributed by atoms with Crippen molar-refractivity contribution < 1.29 is 9.90 Å². The number of hydrogen-bond acceptors (Lipinski definition) is 2. The van der Waals surface area contributed by atoms with Crippen LogP contribution in [-0.2, 0) is 11.2 Å². The van der Waals surface area contributed by atoms with Crippen LogP contribution in [0.5, 0.6) is 0 Å². The standard InChI is InChI=1S/C14H18BrNO2/c1-10-2-3-12(15)8-11(10)4-7-16-13(18)14(9-17)5-6-14/h2-3,8,17H,4-7,9H2,1H3,(H,16,18). The highest BCUT2D eigenvalue weighted by Crippen LogP contribution is 2.45. The van der Waals surface area contributed by atoms with Crippen LogP contribution in [0.3, 0.4) is 0 Å². The maximum Gasteiger partial charge on any atom is 0.228 e. The molecule has 0 heterocycles. The van der Waals surface area contributed by atoms with Gasteiger partial charge in [-0.25, -0.2) is 0 Å². The Kier molecular flexibility index (Phi) is 4.07. The zero-order valence-electron chi connectivity index (χ0n) is 10.5. The van der Waals surface area contributed by atoms with Gasteiger partial charge in [-0.1, -0.05) is 22.0 Å². The number of amides is 1. The summed E-state index contributed by atoms with van der Waals surface area (Å²) in [4.78, 5) is 11.8. The molecule has 1 saturated carbocycles. The molecular formula is C14H18BrNO2. The molecule has 1 amide bonds. The lowest BCUT2D eigenvalue weighted by Gasteiger charge is -2.13. The number of carbonyl (C=O) groups excluding carboxylic acids is 1. The lowest BCUT2D eigenvalue weighted by Crippen LogP contribution is -2.35. The third-order valence-electron chi connectivity index (χ3n) is 3.63. The number of nitrogens with one attached hydrogen (secondary N) is 1. The van der Waals surface area contributed by atoms with Gasteiger partial charge in [0.15, 0.2) is 0 Å². The molecule has 1 fully saturated rings. The second-order valence-electron chi connectivity index (χ2n) is 5.02. The second kappa shape index (κ2) is 5.41. The topological polar surface area (TPSA) is 49.3 Å². The first-order valence-electron chi connectivity index (χ1n) is 6.22. The van der Waals surface area contributed by atoms with Gasteiger partial charge in [-0.2, -0.15) is 0 Å². The van der Waals surface area contributed by atoms with Gasteiger partial charge in [-0.05, 0) is 49.4 Å². The van der Waals surface area contributed by atoms with Gasteiger partial charge in [0, 0.05) is 11.0 Å². The summed E-state index contributed by atoms with van der Waals surface area (Å²) in [6.07, 6.45) is 2.44. The minimum atomic E-state index is -0.466. The smallest absolute Gasteiger partial charge is 0.228 e. The van der Waals surface area contributed by atoms with E-state index in [4.69, 9.17) is 5.11 Å². The molecule has 2 rings (SSSR count). The number of hydrogen-bond donors (Lipinski definition) is 2. The average Bonchev–Trinajstić information content (AvgIpc) is 3.14. The number of halogens is 1. The van der Waals surface area contributed by atoms with Crippen LogP contribution in [-0.4, -0.2) is 24.2 Å². The predicted octanol–water partition coefficient (Wildman–Crippen LogP) is 2.19. The van der Waals surface area contributed by atoms with Gasteiger partial charge in [0.1, 0.15) is 0 Å². The fourth-order valence-electron chi connectivity index (χ4n) is 2.02. The molecule has 2 N–H and O–H groups in total. The molecular weight excluding hydrogens is 294 g/mol. The van der Waals surface area contributed by atoms with Crippen molar-refractivity contribution in [2.45, 2.75) is 26.2 Å². The molecule has 0 unspecified atom stereocenters. The summed E-state index contributed by atoms with van der Waals surface area (Å²) in [7, 11) is 0. The molecule has 1 aliphatic rings. The maximum absolute atomic E-state index is 11.8. The van der Waals surface area contributed by atoms with E-state index in [0.29, 0.717) is 6.54 Å². The number of rotatable bonds is 5. The van der Waals surface area contributed by atoms with Gasteiger partial charge in [0.2, 0.25) is 5.91 Å². The minimum absolute atomic E-state index is 0.00218. The third kappa shape index (κ3) is 2.93. The van der Waals surface area contributed by atoms with Gasteiger partial charge in [-0.15, -0.1) is 0 Å². The second-order valence-corrected chi connectivity index (χ2v) is 5.93. The van der Waals surface area contributed by atoms with E-state index in [1.807, 2.05) is 6.07 Å². The molecule has 0 bridgehead atoms. The molecule has 0 spiro atoms. The average molecular weight is 312 g/mol. The summed E-state index contributed by atoms with van der Waals surface area (Å²) in [6.45, 7) is 2.66. The van der Waals surface area contributed by atoms with Gasteiger partial charge in [-0.3, -0.25) is 4.79 Å². The van der Waals surface area contributed by atoms with E-state index in [1.54, 1.807) is 0 Å². The van der Waals surface area contributed by atoms with E-state index in [0.717, 1.165) is 23.7 Å². The monoisotopic (exact) mass is 311 g/mol. The highest BCUT2D eigenvalue weighted by molar-refractivity contribution is 9.10. The van der Waals surface area contributed by atoms with Crippen molar-refractivity contribution in [3.05, 3.63) is 33.8 Å². The Bertz CT molecular complexity index is 455. The molecule has 3 nitrogen and oxygen atoms in total. The van der Waals surface area contributed by atoms with E-state index in [2.05, 4.69) is 40.3 Å². The van der Waals surface area contributed by atoms with Crippen LogP contribution in [0.15, 0.2) is 22.7 Å². The Morgan fingerprint density at radius 2 is 2.22 bits per heavy atom. The van der Waals surface area contributed by atoms with Crippen LogP contribution in [0.1, 0.15) is 24.0 Å². The lowest BCUT2D eigenvalue weighted by molar-refractivity contribution is -0.127. The Hall–Kier alpha value is -0.870. The quantitative estimate of drug-likeness (QED) is 0.875. The Morgan fingerprint density at radius 3 is 2.83 bits per heavy atom. The zero-order valence-corrected chi connectivity index (χ0v) is 12.1. The fourth-order valence-corrected chi connectivity index (χ4v) is 2.42. The van der Waals surface area contributed by atoms with E-state index in [9.17, 15) is 4.79 Å². The number of carbonyl (C=O) groups is 1. The first kappa shape index (κ1) is 13.6. The fraction of sp³-hybridized carbons (Fsp3) is 0.500. The van der Waals surface area contributed by atoms with Crippen molar-refractivity contribution in [1.29, 1.82) is 0 Å². The largest absolute Gasteiger partial charge is 0.395 e. The Morgan fingerprint density at radius 1 is 1.50 bits per heavy atom. The van der Waals surface area contributed by atoms with Gasteiger partial charge >= 0.3 is 0 Å². The van der Waals surface area contributed by atoms with Crippen molar-refractivity contribution in [1.82, 2.24) is 5.32 Å². The van der Waals surface area contributed by atoms with Crippen LogP contribution >= 0.6 is 15.9 Å². The molecule has 0 saturated heterocycles. The van der Waals surface area contributed by atoms with Crippen LogP contribution in [0.2, 0.25) is 0 Å². The van der Waals surface area contributed by atoms with Gasteiger partial charge in [0.25, 0.3) is 0 Å². The van der Waals surface area contributed by atoms with E-state index >= 15 is 0 Å². The van der Waals surface area contributed by atoms with Crippen molar-refractivity contribution in [2.75, 3.05) is 13.2 Å². The Balaban J connectivity index is 1.85.